The van der Waals surface area contributed by atoms with E-state index >= 15 is 0 Å². The number of carbonyl (C=O) groups excluding carboxylic acids is 1. The number of carbonyl (C=O) groups is 1. The molecule has 0 saturated carbocycles. The third-order valence-electron chi connectivity index (χ3n) is 2.29. The lowest BCUT2D eigenvalue weighted by atomic mass is 10.2. The Labute approximate surface area is 125 Å². The molecule has 0 radical (unpaired) electrons. The zero-order valence-corrected chi connectivity index (χ0v) is 12.7. The van der Waals surface area contributed by atoms with Gasteiger partial charge in [-0.3, -0.25) is 0 Å². The van der Waals surface area contributed by atoms with Crippen molar-refractivity contribution in [2.45, 2.75) is 26.1 Å². The molecule has 1 aromatic carbocycles. The average Bonchev–Trinajstić information content (AvgIpc) is 2.51. The van der Waals surface area contributed by atoms with Crippen molar-refractivity contribution in [3.8, 4) is 0 Å². The van der Waals surface area contributed by atoms with Crippen LogP contribution in [0.4, 0.5) is 0 Å². The van der Waals surface area contributed by atoms with Crippen molar-refractivity contribution < 1.29 is 24.5 Å². The van der Waals surface area contributed by atoms with Gasteiger partial charge in [-0.05, 0) is 25.5 Å². The van der Waals surface area contributed by atoms with Crippen molar-refractivity contribution in [2.75, 3.05) is 20.3 Å². The minimum atomic E-state index is -0.445. The molecule has 1 aromatic rings. The zero-order valence-electron chi connectivity index (χ0n) is 12.7. The molecule has 2 atom stereocenters. The number of ether oxygens (including phenoxy) is 2. The summed E-state index contributed by atoms with van der Waals surface area (Å²) in [6, 6.07) is 9.59. The van der Waals surface area contributed by atoms with Crippen molar-refractivity contribution in [3.63, 3.8) is 0 Å². The van der Waals surface area contributed by atoms with E-state index in [1.54, 1.807) is 19.9 Å². The van der Waals surface area contributed by atoms with Crippen LogP contribution in [0.25, 0.3) is 6.08 Å². The lowest BCUT2D eigenvalue weighted by molar-refractivity contribution is -0.134. The summed E-state index contributed by atoms with van der Waals surface area (Å²) >= 11 is 0. The lowest BCUT2D eigenvalue weighted by Gasteiger charge is -2.10. The van der Waals surface area contributed by atoms with Crippen LogP contribution in [0.2, 0.25) is 0 Å². The van der Waals surface area contributed by atoms with Crippen LogP contribution >= 0.6 is 0 Å². The standard InChI is InChI=1S/C10H10O2.C6H14O3/c1-12-10(11)8-7-9-5-3-2-4-6-9;1-5(8)4-9-6(2)3-7/h2-8H,1H3;5-8H,3-4H2,1-2H3. The second-order valence-electron chi connectivity index (χ2n) is 4.44. The quantitative estimate of drug-likeness (QED) is 0.616. The highest BCUT2D eigenvalue weighted by Crippen LogP contribution is 2.00. The molecule has 5 heteroatoms. The van der Waals surface area contributed by atoms with E-state index in [0.717, 1.165) is 5.56 Å². The Morgan fingerprint density at radius 1 is 1.29 bits per heavy atom. The van der Waals surface area contributed by atoms with Gasteiger partial charge in [-0.2, -0.15) is 0 Å². The molecule has 0 amide bonds. The van der Waals surface area contributed by atoms with Gasteiger partial charge in [0.15, 0.2) is 0 Å². The van der Waals surface area contributed by atoms with E-state index in [1.165, 1.54) is 13.2 Å². The number of aliphatic hydroxyl groups excluding tert-OH is 2. The predicted octanol–water partition coefficient (Wildman–Crippen LogP) is 1.64. The van der Waals surface area contributed by atoms with Crippen LogP contribution in [0.5, 0.6) is 0 Å². The highest BCUT2D eigenvalue weighted by molar-refractivity contribution is 5.86. The monoisotopic (exact) mass is 296 g/mol. The second kappa shape index (κ2) is 12.1. The van der Waals surface area contributed by atoms with E-state index in [9.17, 15) is 4.79 Å². The molecular weight excluding hydrogens is 272 g/mol. The summed E-state index contributed by atoms with van der Waals surface area (Å²) in [4.78, 5) is 10.7. The Balaban J connectivity index is 0.000000400. The third kappa shape index (κ3) is 11.8. The molecule has 0 spiro atoms. The molecule has 2 unspecified atom stereocenters. The highest BCUT2D eigenvalue weighted by Gasteiger charge is 2.00. The van der Waals surface area contributed by atoms with Crippen molar-refractivity contribution in [3.05, 3.63) is 42.0 Å². The van der Waals surface area contributed by atoms with Gasteiger partial charge in [-0.1, -0.05) is 30.3 Å². The number of hydrogen-bond acceptors (Lipinski definition) is 5. The topological polar surface area (TPSA) is 76.0 Å². The van der Waals surface area contributed by atoms with Gasteiger partial charge in [0.25, 0.3) is 0 Å². The number of benzene rings is 1. The number of esters is 1. The molecule has 0 heterocycles. The summed E-state index contributed by atoms with van der Waals surface area (Å²) in [6.07, 6.45) is 2.50. The molecule has 0 fully saturated rings. The van der Waals surface area contributed by atoms with E-state index in [1.807, 2.05) is 30.3 Å². The first-order chi connectivity index (χ1) is 9.99. The maximum Gasteiger partial charge on any atom is 0.330 e. The number of hydrogen-bond donors (Lipinski definition) is 2. The van der Waals surface area contributed by atoms with Crippen molar-refractivity contribution in [1.82, 2.24) is 0 Å². The Morgan fingerprint density at radius 3 is 2.38 bits per heavy atom. The Kier molecular flexibility index (Phi) is 11.1. The fourth-order valence-electron chi connectivity index (χ4n) is 1.15. The van der Waals surface area contributed by atoms with E-state index in [2.05, 4.69) is 4.74 Å². The fourth-order valence-corrected chi connectivity index (χ4v) is 1.15. The minimum Gasteiger partial charge on any atom is -0.466 e. The summed E-state index contributed by atoms with van der Waals surface area (Å²) in [5.74, 6) is -0.334. The van der Waals surface area contributed by atoms with Crippen molar-refractivity contribution >= 4 is 12.0 Å². The van der Waals surface area contributed by atoms with Crippen LogP contribution < -0.4 is 0 Å². The Bertz CT molecular complexity index is 400. The van der Waals surface area contributed by atoms with Crippen LogP contribution in [0, 0.1) is 0 Å². The molecule has 1 rings (SSSR count). The largest absolute Gasteiger partial charge is 0.466 e. The van der Waals surface area contributed by atoms with Gasteiger partial charge in [0, 0.05) is 6.08 Å². The van der Waals surface area contributed by atoms with Crippen LogP contribution in [0.1, 0.15) is 19.4 Å². The van der Waals surface area contributed by atoms with Gasteiger partial charge in [0.1, 0.15) is 0 Å². The van der Waals surface area contributed by atoms with Crippen molar-refractivity contribution in [2.24, 2.45) is 0 Å². The molecule has 0 aliphatic rings. The molecule has 118 valence electrons. The predicted molar refractivity (Wildman–Crippen MR) is 81.7 cm³/mol. The van der Waals surface area contributed by atoms with Crippen LogP contribution in [0.15, 0.2) is 36.4 Å². The molecule has 0 aromatic heterocycles. The second-order valence-corrected chi connectivity index (χ2v) is 4.44. The van der Waals surface area contributed by atoms with E-state index in [-0.39, 0.29) is 18.7 Å². The van der Waals surface area contributed by atoms with Gasteiger partial charge in [0.2, 0.25) is 0 Å². The normalized spacial score (nSPS) is 13.2. The summed E-state index contributed by atoms with van der Waals surface area (Å²) in [6.45, 7) is 3.70. The fraction of sp³-hybridized carbons (Fsp3) is 0.438. The summed E-state index contributed by atoms with van der Waals surface area (Å²) in [5.41, 5.74) is 0.989. The maximum absolute atomic E-state index is 10.7. The Morgan fingerprint density at radius 2 is 1.90 bits per heavy atom. The molecule has 0 aliphatic heterocycles. The van der Waals surface area contributed by atoms with Gasteiger partial charge >= 0.3 is 5.97 Å². The van der Waals surface area contributed by atoms with E-state index in [0.29, 0.717) is 6.61 Å². The van der Waals surface area contributed by atoms with Gasteiger partial charge in [-0.25, -0.2) is 4.79 Å². The van der Waals surface area contributed by atoms with E-state index < -0.39 is 6.10 Å². The molecule has 0 aliphatic carbocycles. The molecule has 2 N–H and O–H groups in total. The summed E-state index contributed by atoms with van der Waals surface area (Å²) in [5, 5.41) is 17.1. The first kappa shape index (κ1) is 19.3. The highest BCUT2D eigenvalue weighted by atomic mass is 16.5. The van der Waals surface area contributed by atoms with Gasteiger partial charge in [-0.15, -0.1) is 0 Å². The number of rotatable bonds is 6. The molecule has 0 saturated heterocycles. The minimum absolute atomic E-state index is 0.00667. The lowest BCUT2D eigenvalue weighted by Crippen LogP contribution is -2.19. The molecule has 5 nitrogen and oxygen atoms in total. The SMILES string of the molecule is CC(O)COC(C)CO.COC(=O)C=Cc1ccccc1. The van der Waals surface area contributed by atoms with E-state index in [4.69, 9.17) is 14.9 Å². The Hall–Kier alpha value is -1.69. The average molecular weight is 296 g/mol. The maximum atomic E-state index is 10.7. The number of aliphatic hydroxyl groups is 2. The summed E-state index contributed by atoms with van der Waals surface area (Å²) < 4.78 is 9.40. The first-order valence-corrected chi connectivity index (χ1v) is 6.71. The molecule has 21 heavy (non-hydrogen) atoms. The summed E-state index contributed by atoms with van der Waals surface area (Å²) in [7, 11) is 1.36. The number of methoxy groups -OCH3 is 1. The third-order valence-corrected chi connectivity index (χ3v) is 2.29. The smallest absolute Gasteiger partial charge is 0.330 e. The van der Waals surface area contributed by atoms with Gasteiger partial charge < -0.3 is 19.7 Å². The zero-order chi connectivity index (χ0) is 16.1. The van der Waals surface area contributed by atoms with Crippen LogP contribution in [-0.2, 0) is 14.3 Å². The van der Waals surface area contributed by atoms with Crippen LogP contribution in [-0.4, -0.2) is 48.7 Å². The van der Waals surface area contributed by atoms with Crippen molar-refractivity contribution in [1.29, 1.82) is 0 Å². The molecule has 0 bridgehead atoms. The van der Waals surface area contributed by atoms with Gasteiger partial charge in [0.05, 0.1) is 32.5 Å². The molecular formula is C16H24O5. The van der Waals surface area contributed by atoms with Crippen LogP contribution in [0.3, 0.4) is 0 Å². The first-order valence-electron chi connectivity index (χ1n) is 6.71.